The molecule has 1 aliphatic heterocycles. The van der Waals surface area contributed by atoms with Crippen molar-refractivity contribution in [2.45, 2.75) is 6.04 Å². The van der Waals surface area contributed by atoms with Crippen LogP contribution in [0.3, 0.4) is 0 Å². The molecule has 0 unspecified atom stereocenters. The number of hydrogen-bond donors (Lipinski definition) is 1. The Labute approximate surface area is 155 Å². The van der Waals surface area contributed by atoms with E-state index in [9.17, 15) is 0 Å². The Balaban J connectivity index is 1.75. The van der Waals surface area contributed by atoms with Gasteiger partial charge in [0.2, 0.25) is 0 Å². The predicted molar refractivity (Wildman–Crippen MR) is 104 cm³/mol. The lowest BCUT2D eigenvalue weighted by molar-refractivity contribution is 0.117. The van der Waals surface area contributed by atoms with Gasteiger partial charge in [-0.05, 0) is 23.3 Å². The lowest BCUT2D eigenvalue weighted by atomic mass is 9.96. The normalized spacial score (nSPS) is 17.8. The predicted octanol–water partition coefficient (Wildman–Crippen LogP) is 3.60. The van der Waals surface area contributed by atoms with Gasteiger partial charge in [0.15, 0.2) is 0 Å². The number of piperazine rings is 1. The first-order valence-corrected chi connectivity index (χ1v) is 9.18. The highest BCUT2D eigenvalue weighted by molar-refractivity contribution is 6.30. The van der Waals surface area contributed by atoms with Crippen molar-refractivity contribution in [3.8, 4) is 0 Å². The van der Waals surface area contributed by atoms with Crippen LogP contribution in [0.25, 0.3) is 0 Å². The zero-order valence-corrected chi connectivity index (χ0v) is 15.1. The number of nitrogens with zero attached hydrogens (tertiary/aromatic N) is 2. The van der Waals surface area contributed by atoms with E-state index in [2.05, 4.69) is 52.3 Å². The summed E-state index contributed by atoms with van der Waals surface area (Å²) in [4.78, 5) is 4.97. The third kappa shape index (κ3) is 4.93. The minimum Gasteiger partial charge on any atom is -0.392 e. The van der Waals surface area contributed by atoms with Crippen LogP contribution in [0.2, 0.25) is 5.02 Å². The maximum Gasteiger partial charge on any atom is 0.0612 e. The van der Waals surface area contributed by atoms with Crippen molar-refractivity contribution in [1.82, 2.24) is 9.80 Å². The number of hydrogen-bond acceptors (Lipinski definition) is 3. The fourth-order valence-electron chi connectivity index (χ4n) is 3.40. The Morgan fingerprint density at radius 3 is 2.16 bits per heavy atom. The molecule has 1 heterocycles. The summed E-state index contributed by atoms with van der Waals surface area (Å²) in [5.74, 6) is 0. The molecule has 1 saturated heterocycles. The smallest absolute Gasteiger partial charge is 0.0612 e. The zero-order valence-electron chi connectivity index (χ0n) is 14.4. The summed E-state index contributed by atoms with van der Waals surface area (Å²) in [6.07, 6.45) is 3.86. The van der Waals surface area contributed by atoms with E-state index in [0.29, 0.717) is 0 Å². The second kappa shape index (κ2) is 9.16. The molecule has 0 bridgehead atoms. The van der Waals surface area contributed by atoms with Gasteiger partial charge >= 0.3 is 0 Å². The molecule has 3 nitrogen and oxygen atoms in total. The quantitative estimate of drug-likeness (QED) is 0.801. The molecule has 0 aromatic heterocycles. The average molecular weight is 357 g/mol. The standard InChI is InChI=1S/C21H25ClN2O/c22-20-10-8-19(9-11-20)21(18-6-2-1-3-7-18)24-15-13-23(14-16-24)12-4-5-17-25/h1-11,21,25H,12-17H2/b5-4+/t21-/m1/s1. The molecule has 4 heteroatoms. The van der Waals surface area contributed by atoms with Crippen molar-refractivity contribution in [1.29, 1.82) is 0 Å². The van der Waals surface area contributed by atoms with Crippen molar-refractivity contribution < 1.29 is 5.11 Å². The van der Waals surface area contributed by atoms with E-state index in [-0.39, 0.29) is 12.6 Å². The summed E-state index contributed by atoms with van der Waals surface area (Å²) >= 11 is 6.08. The Hall–Kier alpha value is -1.65. The van der Waals surface area contributed by atoms with Gasteiger partial charge in [0.05, 0.1) is 12.6 Å². The summed E-state index contributed by atoms with van der Waals surface area (Å²) in [6.45, 7) is 5.14. The topological polar surface area (TPSA) is 26.7 Å². The lowest BCUT2D eigenvalue weighted by Gasteiger charge is -2.39. The largest absolute Gasteiger partial charge is 0.392 e. The van der Waals surface area contributed by atoms with Gasteiger partial charge in [-0.25, -0.2) is 0 Å². The SMILES string of the molecule is OC/C=C/CN1CCN([C@H](c2ccccc2)c2ccc(Cl)cc2)CC1. The van der Waals surface area contributed by atoms with E-state index < -0.39 is 0 Å². The van der Waals surface area contributed by atoms with Crippen LogP contribution in [0.4, 0.5) is 0 Å². The Bertz CT molecular complexity index is 664. The summed E-state index contributed by atoms with van der Waals surface area (Å²) in [7, 11) is 0. The van der Waals surface area contributed by atoms with Crippen LogP contribution in [0, 0.1) is 0 Å². The molecule has 0 aliphatic carbocycles. The molecule has 0 radical (unpaired) electrons. The van der Waals surface area contributed by atoms with Crippen LogP contribution in [-0.4, -0.2) is 54.2 Å². The van der Waals surface area contributed by atoms with Crippen LogP contribution < -0.4 is 0 Å². The van der Waals surface area contributed by atoms with Crippen LogP contribution in [0.15, 0.2) is 66.7 Å². The average Bonchev–Trinajstić information content (AvgIpc) is 2.66. The van der Waals surface area contributed by atoms with E-state index >= 15 is 0 Å². The fourth-order valence-corrected chi connectivity index (χ4v) is 3.52. The minimum absolute atomic E-state index is 0.118. The molecule has 1 fully saturated rings. The molecule has 25 heavy (non-hydrogen) atoms. The summed E-state index contributed by atoms with van der Waals surface area (Å²) < 4.78 is 0. The molecule has 3 rings (SSSR count). The lowest BCUT2D eigenvalue weighted by Crippen LogP contribution is -2.47. The number of aliphatic hydroxyl groups is 1. The summed E-state index contributed by atoms with van der Waals surface area (Å²) in [6, 6.07) is 19.2. The van der Waals surface area contributed by atoms with Crippen molar-refractivity contribution in [2.24, 2.45) is 0 Å². The molecular weight excluding hydrogens is 332 g/mol. The molecular formula is C21H25ClN2O. The molecule has 2 aromatic carbocycles. The molecule has 0 spiro atoms. The van der Waals surface area contributed by atoms with E-state index in [4.69, 9.17) is 16.7 Å². The van der Waals surface area contributed by atoms with Crippen LogP contribution in [0.5, 0.6) is 0 Å². The minimum atomic E-state index is 0.118. The second-order valence-electron chi connectivity index (χ2n) is 6.36. The van der Waals surface area contributed by atoms with Crippen molar-refractivity contribution >= 4 is 11.6 Å². The maximum atomic E-state index is 8.86. The Kier molecular flexibility index (Phi) is 6.65. The highest BCUT2D eigenvalue weighted by atomic mass is 35.5. The van der Waals surface area contributed by atoms with E-state index in [0.717, 1.165) is 37.7 Å². The van der Waals surface area contributed by atoms with E-state index in [1.54, 1.807) is 0 Å². The van der Waals surface area contributed by atoms with Gasteiger partial charge in [0, 0.05) is 37.7 Å². The number of rotatable bonds is 6. The first kappa shape index (κ1) is 18.2. The van der Waals surface area contributed by atoms with E-state index in [1.165, 1.54) is 11.1 Å². The van der Waals surface area contributed by atoms with Gasteiger partial charge < -0.3 is 5.11 Å². The molecule has 0 amide bonds. The van der Waals surface area contributed by atoms with Crippen LogP contribution in [-0.2, 0) is 0 Å². The van der Waals surface area contributed by atoms with Gasteiger partial charge in [0.25, 0.3) is 0 Å². The fraction of sp³-hybridized carbons (Fsp3) is 0.333. The van der Waals surface area contributed by atoms with Crippen LogP contribution in [0.1, 0.15) is 17.2 Å². The van der Waals surface area contributed by atoms with Gasteiger partial charge in [0.1, 0.15) is 0 Å². The first-order chi connectivity index (χ1) is 12.3. The third-order valence-electron chi connectivity index (χ3n) is 4.71. The van der Waals surface area contributed by atoms with Crippen LogP contribution >= 0.6 is 11.6 Å². The first-order valence-electron chi connectivity index (χ1n) is 8.80. The zero-order chi connectivity index (χ0) is 17.5. The van der Waals surface area contributed by atoms with Crippen molar-refractivity contribution in [3.63, 3.8) is 0 Å². The molecule has 1 atom stereocenters. The molecule has 2 aromatic rings. The Morgan fingerprint density at radius 2 is 1.52 bits per heavy atom. The van der Waals surface area contributed by atoms with Crippen molar-refractivity contribution in [3.05, 3.63) is 82.9 Å². The summed E-state index contributed by atoms with van der Waals surface area (Å²) in [5.41, 5.74) is 2.60. The summed E-state index contributed by atoms with van der Waals surface area (Å²) in [5, 5.41) is 9.63. The molecule has 1 N–H and O–H groups in total. The maximum absolute atomic E-state index is 8.86. The molecule has 0 saturated carbocycles. The van der Waals surface area contributed by atoms with E-state index in [1.807, 2.05) is 24.3 Å². The number of aliphatic hydroxyl groups excluding tert-OH is 1. The monoisotopic (exact) mass is 356 g/mol. The Morgan fingerprint density at radius 1 is 0.880 bits per heavy atom. The third-order valence-corrected chi connectivity index (χ3v) is 4.96. The second-order valence-corrected chi connectivity index (χ2v) is 6.79. The van der Waals surface area contributed by atoms with Gasteiger partial charge in [-0.15, -0.1) is 0 Å². The molecule has 132 valence electrons. The molecule has 1 aliphatic rings. The van der Waals surface area contributed by atoms with Gasteiger partial charge in [-0.1, -0.05) is 66.2 Å². The number of benzene rings is 2. The van der Waals surface area contributed by atoms with Gasteiger partial charge in [-0.3, -0.25) is 9.80 Å². The van der Waals surface area contributed by atoms with Crippen molar-refractivity contribution in [2.75, 3.05) is 39.3 Å². The highest BCUT2D eigenvalue weighted by Crippen LogP contribution is 2.30. The highest BCUT2D eigenvalue weighted by Gasteiger charge is 2.25. The van der Waals surface area contributed by atoms with Gasteiger partial charge in [-0.2, -0.15) is 0 Å². The number of halogens is 1.